The van der Waals surface area contributed by atoms with E-state index in [1.807, 2.05) is 30.3 Å². The second kappa shape index (κ2) is 9.56. The maximum Gasteiger partial charge on any atom is 0.214 e. The molecular formula is C29H23N5O5. The minimum absolute atomic E-state index is 0.0704. The highest BCUT2D eigenvalue weighted by Crippen LogP contribution is 2.45. The van der Waals surface area contributed by atoms with Gasteiger partial charge >= 0.3 is 0 Å². The molecule has 0 aliphatic heterocycles. The van der Waals surface area contributed by atoms with Gasteiger partial charge in [0, 0.05) is 11.1 Å². The van der Waals surface area contributed by atoms with Crippen LogP contribution in [0.15, 0.2) is 72.9 Å². The summed E-state index contributed by atoms with van der Waals surface area (Å²) in [5.74, 6) is 0.904. The zero-order valence-corrected chi connectivity index (χ0v) is 21.4. The van der Waals surface area contributed by atoms with Crippen LogP contribution in [-0.2, 0) is 6.54 Å². The standard InChI is InChI=1S/C29H23N5O5/c1-37-22-14-13-21(27(38-2)28(22)39-3)29-30-23-24(26(36)20-12-8-7-11-19(20)25(23)35)33(29)15-17-16-34(32-31-17)18-9-5-4-6-10-18/h4-14,16H,15H2,1-3H3. The number of para-hydroxylation sites is 1. The molecule has 0 amide bonds. The van der Waals surface area contributed by atoms with Crippen LogP contribution in [0.1, 0.15) is 37.8 Å². The molecule has 1 aliphatic rings. The number of hydrogen-bond acceptors (Lipinski definition) is 8. The predicted octanol–water partition coefficient (Wildman–Crippen LogP) is 3.98. The first kappa shape index (κ1) is 24.1. The molecule has 194 valence electrons. The Morgan fingerprint density at radius 1 is 0.744 bits per heavy atom. The molecule has 2 aromatic heterocycles. The first-order valence-corrected chi connectivity index (χ1v) is 12.1. The lowest BCUT2D eigenvalue weighted by Crippen LogP contribution is -2.23. The molecule has 10 nitrogen and oxygen atoms in total. The third kappa shape index (κ3) is 3.84. The van der Waals surface area contributed by atoms with E-state index in [0.717, 1.165) is 5.69 Å². The number of methoxy groups -OCH3 is 3. The van der Waals surface area contributed by atoms with Crippen LogP contribution in [0, 0.1) is 0 Å². The van der Waals surface area contributed by atoms with Crippen molar-refractivity contribution in [2.24, 2.45) is 0 Å². The molecule has 0 saturated heterocycles. The van der Waals surface area contributed by atoms with Crippen LogP contribution in [0.5, 0.6) is 17.2 Å². The van der Waals surface area contributed by atoms with Gasteiger partial charge in [-0.1, -0.05) is 47.7 Å². The van der Waals surface area contributed by atoms with Crippen molar-refractivity contribution in [2.75, 3.05) is 21.3 Å². The van der Waals surface area contributed by atoms with E-state index in [-0.39, 0.29) is 29.5 Å². The molecule has 0 unspecified atom stereocenters. The van der Waals surface area contributed by atoms with Crippen molar-refractivity contribution in [3.63, 3.8) is 0 Å². The van der Waals surface area contributed by atoms with E-state index in [1.54, 1.807) is 51.8 Å². The van der Waals surface area contributed by atoms with Gasteiger partial charge in [0.25, 0.3) is 0 Å². The Balaban J connectivity index is 1.56. The number of aromatic nitrogens is 5. The molecule has 6 rings (SSSR count). The zero-order chi connectivity index (χ0) is 27.1. The number of carbonyl (C=O) groups excluding carboxylic acids is 2. The number of ketones is 2. The molecule has 3 aromatic carbocycles. The van der Waals surface area contributed by atoms with Crippen molar-refractivity contribution < 1.29 is 23.8 Å². The smallest absolute Gasteiger partial charge is 0.214 e. The molecule has 0 radical (unpaired) electrons. The third-order valence-corrected chi connectivity index (χ3v) is 6.64. The van der Waals surface area contributed by atoms with Crippen LogP contribution in [0.4, 0.5) is 0 Å². The summed E-state index contributed by atoms with van der Waals surface area (Å²) < 4.78 is 20.1. The lowest BCUT2D eigenvalue weighted by Gasteiger charge is -2.18. The second-order valence-corrected chi connectivity index (χ2v) is 8.79. The summed E-state index contributed by atoms with van der Waals surface area (Å²) in [7, 11) is 4.54. The summed E-state index contributed by atoms with van der Waals surface area (Å²) in [6, 6.07) is 19.8. The van der Waals surface area contributed by atoms with Crippen molar-refractivity contribution in [1.29, 1.82) is 0 Å². The van der Waals surface area contributed by atoms with Crippen LogP contribution < -0.4 is 14.2 Å². The molecule has 39 heavy (non-hydrogen) atoms. The van der Waals surface area contributed by atoms with Crippen molar-refractivity contribution in [2.45, 2.75) is 6.54 Å². The Hall–Kier alpha value is -5.25. The van der Waals surface area contributed by atoms with Crippen LogP contribution in [0.3, 0.4) is 0 Å². The maximum absolute atomic E-state index is 13.8. The molecular weight excluding hydrogens is 498 g/mol. The van der Waals surface area contributed by atoms with E-state index in [4.69, 9.17) is 19.2 Å². The Morgan fingerprint density at radius 3 is 2.13 bits per heavy atom. The third-order valence-electron chi connectivity index (χ3n) is 6.64. The normalized spacial score (nSPS) is 12.2. The summed E-state index contributed by atoms with van der Waals surface area (Å²) in [6.45, 7) is 0.128. The van der Waals surface area contributed by atoms with Gasteiger partial charge in [0.05, 0.1) is 45.3 Å². The summed E-state index contributed by atoms with van der Waals surface area (Å²) in [6.07, 6.45) is 1.78. The first-order valence-electron chi connectivity index (χ1n) is 12.1. The van der Waals surface area contributed by atoms with Crippen molar-refractivity contribution >= 4 is 11.6 Å². The van der Waals surface area contributed by atoms with Crippen LogP contribution in [0.2, 0.25) is 0 Å². The van der Waals surface area contributed by atoms with Crippen LogP contribution in [-0.4, -0.2) is 57.4 Å². The topological polar surface area (TPSA) is 110 Å². The molecule has 1 aliphatic carbocycles. The molecule has 0 fully saturated rings. The fraction of sp³-hybridized carbons (Fsp3) is 0.138. The summed E-state index contributed by atoms with van der Waals surface area (Å²) in [5.41, 5.74) is 2.82. The van der Waals surface area contributed by atoms with Crippen molar-refractivity contribution in [3.05, 3.63) is 101 Å². The van der Waals surface area contributed by atoms with Gasteiger partial charge in [-0.25, -0.2) is 9.67 Å². The van der Waals surface area contributed by atoms with E-state index < -0.39 is 0 Å². The summed E-state index contributed by atoms with van der Waals surface area (Å²) in [4.78, 5) is 32.0. The Labute approximate surface area is 223 Å². The summed E-state index contributed by atoms with van der Waals surface area (Å²) >= 11 is 0. The van der Waals surface area contributed by atoms with Crippen LogP contribution in [0.25, 0.3) is 17.1 Å². The van der Waals surface area contributed by atoms with Gasteiger partial charge in [-0.2, -0.15) is 0 Å². The van der Waals surface area contributed by atoms with Gasteiger partial charge in [-0.05, 0) is 24.3 Å². The van der Waals surface area contributed by atoms with Gasteiger partial charge in [-0.3, -0.25) is 9.59 Å². The second-order valence-electron chi connectivity index (χ2n) is 8.79. The van der Waals surface area contributed by atoms with Crippen molar-refractivity contribution in [1.82, 2.24) is 24.5 Å². The fourth-order valence-electron chi connectivity index (χ4n) is 4.85. The molecule has 2 heterocycles. The number of imidazole rings is 1. The molecule has 0 spiro atoms. The number of nitrogens with zero attached hydrogens (tertiary/aromatic N) is 5. The lowest BCUT2D eigenvalue weighted by molar-refractivity contribution is 0.0971. The van der Waals surface area contributed by atoms with Gasteiger partial charge in [0.15, 0.2) is 11.5 Å². The fourth-order valence-corrected chi connectivity index (χ4v) is 4.85. The van der Waals surface area contributed by atoms with Crippen molar-refractivity contribution in [3.8, 4) is 34.3 Å². The molecule has 0 saturated carbocycles. The molecule has 0 atom stereocenters. The Bertz CT molecular complexity index is 1740. The van der Waals surface area contributed by atoms with E-state index in [1.165, 1.54) is 21.3 Å². The number of ether oxygens (including phenoxy) is 3. The highest BCUT2D eigenvalue weighted by atomic mass is 16.5. The maximum atomic E-state index is 13.8. The van der Waals surface area contributed by atoms with Gasteiger partial charge in [0.2, 0.25) is 17.3 Å². The van der Waals surface area contributed by atoms with Gasteiger partial charge in [0.1, 0.15) is 22.9 Å². The zero-order valence-electron chi connectivity index (χ0n) is 21.4. The number of rotatable bonds is 7. The average molecular weight is 522 g/mol. The summed E-state index contributed by atoms with van der Waals surface area (Å²) in [5, 5.41) is 8.59. The highest BCUT2D eigenvalue weighted by molar-refractivity contribution is 6.27. The SMILES string of the molecule is COc1ccc(-c2nc3c(n2Cc2cn(-c4ccccc4)nn2)C(=O)c2ccccc2C3=O)c(OC)c1OC. The van der Waals surface area contributed by atoms with E-state index in [9.17, 15) is 9.59 Å². The molecule has 0 bridgehead atoms. The lowest BCUT2D eigenvalue weighted by atomic mass is 9.90. The van der Waals surface area contributed by atoms with E-state index in [0.29, 0.717) is 45.5 Å². The van der Waals surface area contributed by atoms with Gasteiger partial charge in [-0.15, -0.1) is 5.10 Å². The Kier molecular flexibility index (Phi) is 5.91. The number of carbonyl (C=O) groups is 2. The monoisotopic (exact) mass is 521 g/mol. The van der Waals surface area contributed by atoms with E-state index >= 15 is 0 Å². The predicted molar refractivity (Wildman–Crippen MR) is 141 cm³/mol. The van der Waals surface area contributed by atoms with E-state index in [2.05, 4.69) is 10.3 Å². The number of fused-ring (bicyclic) bond motifs is 2. The first-order chi connectivity index (χ1) is 19.0. The quantitative estimate of drug-likeness (QED) is 0.310. The largest absolute Gasteiger partial charge is 0.493 e. The Morgan fingerprint density at radius 2 is 1.44 bits per heavy atom. The average Bonchev–Trinajstić information content (AvgIpc) is 3.61. The minimum atomic E-state index is -0.326. The minimum Gasteiger partial charge on any atom is -0.493 e. The number of hydrogen-bond donors (Lipinski definition) is 0. The molecule has 5 aromatic rings. The molecule has 0 N–H and O–H groups in total. The highest BCUT2D eigenvalue weighted by Gasteiger charge is 2.37. The number of benzene rings is 3. The molecule has 10 heteroatoms. The van der Waals surface area contributed by atoms with Crippen LogP contribution >= 0.6 is 0 Å². The van der Waals surface area contributed by atoms with Gasteiger partial charge < -0.3 is 18.8 Å².